The molecule has 0 aliphatic heterocycles. The van der Waals surface area contributed by atoms with Gasteiger partial charge in [-0.25, -0.2) is 0 Å². The minimum atomic E-state index is -0.663. The average molecular weight is 311 g/mol. The summed E-state index contributed by atoms with van der Waals surface area (Å²) in [4.78, 5) is 14.4. The molecule has 1 aliphatic carbocycles. The topological polar surface area (TPSA) is 46.3 Å². The average Bonchev–Trinajstić information content (AvgIpc) is 2.46. The van der Waals surface area contributed by atoms with Crippen LogP contribution in [-0.2, 0) is 4.79 Å². The second-order valence-electron chi connectivity index (χ2n) is 6.33. The monoisotopic (exact) mass is 310 g/mol. The van der Waals surface area contributed by atoms with Crippen molar-refractivity contribution in [3.8, 4) is 0 Å². The Morgan fingerprint density at radius 3 is 2.14 bits per heavy atom. The number of likely N-dealkylation sites (N-methyl/N-ethyl adjacent to an activating group) is 1. The number of halogens is 1. The molecule has 1 aromatic carbocycles. The van der Waals surface area contributed by atoms with Crippen molar-refractivity contribution in [1.29, 1.82) is 0 Å². The molecule has 0 atom stereocenters. The molecule has 0 radical (unpaired) electrons. The molecule has 1 amide bonds. The number of hydrogen-bond acceptors (Lipinski definition) is 2. The van der Waals surface area contributed by atoms with E-state index in [2.05, 4.69) is 26.0 Å². The number of anilines is 1. The van der Waals surface area contributed by atoms with Crippen LogP contribution in [0.2, 0.25) is 0 Å². The van der Waals surface area contributed by atoms with E-state index in [9.17, 15) is 4.79 Å². The molecule has 118 valence electrons. The second kappa shape index (κ2) is 7.28. The summed E-state index contributed by atoms with van der Waals surface area (Å²) < 4.78 is 0. The van der Waals surface area contributed by atoms with Gasteiger partial charge in [0.15, 0.2) is 0 Å². The summed E-state index contributed by atoms with van der Waals surface area (Å²) in [5, 5.41) is 0. The Morgan fingerprint density at radius 2 is 1.67 bits per heavy atom. The first-order chi connectivity index (χ1) is 9.44. The fourth-order valence-electron chi connectivity index (χ4n) is 2.93. The minimum absolute atomic E-state index is 0. The molecule has 21 heavy (non-hydrogen) atoms. The number of nitrogens with two attached hydrogens (primary N) is 1. The van der Waals surface area contributed by atoms with Crippen LogP contribution in [0.3, 0.4) is 0 Å². The summed E-state index contributed by atoms with van der Waals surface area (Å²) >= 11 is 0. The lowest BCUT2D eigenvalue weighted by atomic mass is 9.81. The van der Waals surface area contributed by atoms with E-state index >= 15 is 0 Å². The van der Waals surface area contributed by atoms with Crippen molar-refractivity contribution in [1.82, 2.24) is 0 Å². The Morgan fingerprint density at radius 1 is 1.14 bits per heavy atom. The summed E-state index contributed by atoms with van der Waals surface area (Å²) in [6, 6.07) is 8.21. The highest BCUT2D eigenvalue weighted by Gasteiger charge is 2.37. The van der Waals surface area contributed by atoms with Gasteiger partial charge in [-0.05, 0) is 36.5 Å². The molecule has 1 saturated carbocycles. The number of amides is 1. The van der Waals surface area contributed by atoms with E-state index in [0.717, 1.165) is 31.4 Å². The van der Waals surface area contributed by atoms with Crippen LogP contribution in [0.1, 0.15) is 57.4 Å². The van der Waals surface area contributed by atoms with Gasteiger partial charge in [0.25, 0.3) is 0 Å². The van der Waals surface area contributed by atoms with Crippen molar-refractivity contribution in [2.24, 2.45) is 5.73 Å². The molecule has 0 saturated heterocycles. The largest absolute Gasteiger partial charge is 0.317 e. The maximum atomic E-state index is 12.6. The Bertz CT molecular complexity index is 464. The molecule has 0 heterocycles. The van der Waals surface area contributed by atoms with Crippen LogP contribution >= 0.6 is 12.4 Å². The SMILES string of the molecule is CC(C)c1ccc(N(C)C(=O)C2(N)CCCCC2)cc1.Cl. The fraction of sp³-hybridized carbons (Fsp3) is 0.588. The maximum absolute atomic E-state index is 12.6. The molecule has 2 N–H and O–H groups in total. The lowest BCUT2D eigenvalue weighted by molar-refractivity contribution is -0.124. The zero-order chi connectivity index (χ0) is 14.8. The van der Waals surface area contributed by atoms with Gasteiger partial charge in [0.2, 0.25) is 5.91 Å². The molecule has 0 aromatic heterocycles. The van der Waals surface area contributed by atoms with Gasteiger partial charge >= 0.3 is 0 Å². The molecule has 2 rings (SSSR count). The van der Waals surface area contributed by atoms with E-state index in [-0.39, 0.29) is 18.3 Å². The number of benzene rings is 1. The van der Waals surface area contributed by atoms with Crippen LogP contribution in [-0.4, -0.2) is 18.5 Å². The number of hydrogen-bond donors (Lipinski definition) is 1. The van der Waals surface area contributed by atoms with Gasteiger partial charge in [0.1, 0.15) is 0 Å². The normalized spacial score (nSPS) is 17.2. The maximum Gasteiger partial charge on any atom is 0.246 e. The van der Waals surface area contributed by atoms with Gasteiger partial charge in [-0.2, -0.15) is 0 Å². The van der Waals surface area contributed by atoms with E-state index in [0.29, 0.717) is 5.92 Å². The number of rotatable bonds is 3. The quantitative estimate of drug-likeness (QED) is 0.921. The van der Waals surface area contributed by atoms with Crippen molar-refractivity contribution in [2.75, 3.05) is 11.9 Å². The third-order valence-electron chi connectivity index (χ3n) is 4.42. The predicted molar refractivity (Wildman–Crippen MR) is 91.2 cm³/mol. The third kappa shape index (κ3) is 3.98. The van der Waals surface area contributed by atoms with Crippen molar-refractivity contribution in [3.63, 3.8) is 0 Å². The van der Waals surface area contributed by atoms with E-state index in [1.54, 1.807) is 4.90 Å². The predicted octanol–water partition coefficient (Wildman–Crippen LogP) is 3.86. The van der Waals surface area contributed by atoms with Gasteiger partial charge in [0, 0.05) is 12.7 Å². The van der Waals surface area contributed by atoms with Crippen molar-refractivity contribution in [3.05, 3.63) is 29.8 Å². The summed E-state index contributed by atoms with van der Waals surface area (Å²) in [5.41, 5.74) is 7.88. The molecule has 1 aromatic rings. The molecule has 1 aliphatic rings. The van der Waals surface area contributed by atoms with Crippen LogP contribution < -0.4 is 10.6 Å². The first kappa shape index (κ1) is 18.0. The van der Waals surface area contributed by atoms with Crippen LogP contribution in [0.15, 0.2) is 24.3 Å². The first-order valence-electron chi connectivity index (χ1n) is 7.61. The molecular weight excluding hydrogens is 284 g/mol. The third-order valence-corrected chi connectivity index (χ3v) is 4.42. The lowest BCUT2D eigenvalue weighted by Gasteiger charge is -2.35. The van der Waals surface area contributed by atoms with Crippen molar-refractivity contribution in [2.45, 2.75) is 57.4 Å². The highest BCUT2D eigenvalue weighted by Crippen LogP contribution is 2.29. The highest BCUT2D eigenvalue weighted by molar-refractivity contribution is 5.99. The molecule has 0 unspecified atom stereocenters. The first-order valence-corrected chi connectivity index (χ1v) is 7.61. The Hall–Kier alpha value is -1.06. The minimum Gasteiger partial charge on any atom is -0.317 e. The highest BCUT2D eigenvalue weighted by atomic mass is 35.5. The summed E-state index contributed by atoms with van der Waals surface area (Å²) in [5.74, 6) is 0.554. The van der Waals surface area contributed by atoms with Crippen LogP contribution in [0.5, 0.6) is 0 Å². The lowest BCUT2D eigenvalue weighted by Crippen LogP contribution is -2.55. The molecule has 0 spiro atoms. The standard InChI is InChI=1S/C17H26N2O.ClH/c1-13(2)14-7-9-15(10-8-14)19(3)16(20)17(18)11-5-4-6-12-17;/h7-10,13H,4-6,11-12,18H2,1-3H3;1H. The van der Waals surface area contributed by atoms with Gasteiger partial charge in [-0.1, -0.05) is 45.2 Å². The molecule has 1 fully saturated rings. The van der Waals surface area contributed by atoms with Gasteiger partial charge in [0.05, 0.1) is 5.54 Å². The summed E-state index contributed by atoms with van der Waals surface area (Å²) in [6.45, 7) is 4.33. The zero-order valence-corrected chi connectivity index (χ0v) is 14.1. The molecular formula is C17H27ClN2O. The van der Waals surface area contributed by atoms with Crippen LogP contribution in [0.25, 0.3) is 0 Å². The smallest absolute Gasteiger partial charge is 0.246 e. The second-order valence-corrected chi connectivity index (χ2v) is 6.33. The Kier molecular flexibility index (Phi) is 6.24. The van der Waals surface area contributed by atoms with Crippen LogP contribution in [0.4, 0.5) is 5.69 Å². The zero-order valence-electron chi connectivity index (χ0n) is 13.3. The summed E-state index contributed by atoms with van der Waals surface area (Å²) in [6.07, 6.45) is 4.92. The number of carbonyl (C=O) groups is 1. The van der Waals surface area contributed by atoms with E-state index in [1.165, 1.54) is 12.0 Å². The number of nitrogens with zero attached hydrogens (tertiary/aromatic N) is 1. The molecule has 0 bridgehead atoms. The Balaban J connectivity index is 0.00000220. The van der Waals surface area contributed by atoms with E-state index < -0.39 is 5.54 Å². The van der Waals surface area contributed by atoms with E-state index in [1.807, 2.05) is 19.2 Å². The van der Waals surface area contributed by atoms with Gasteiger partial charge in [-0.15, -0.1) is 12.4 Å². The Labute approximate surface area is 134 Å². The van der Waals surface area contributed by atoms with Crippen molar-refractivity contribution >= 4 is 24.0 Å². The molecule has 3 nitrogen and oxygen atoms in total. The van der Waals surface area contributed by atoms with Gasteiger partial charge < -0.3 is 10.6 Å². The van der Waals surface area contributed by atoms with E-state index in [4.69, 9.17) is 5.73 Å². The van der Waals surface area contributed by atoms with Crippen molar-refractivity contribution < 1.29 is 4.79 Å². The summed E-state index contributed by atoms with van der Waals surface area (Å²) in [7, 11) is 1.83. The van der Waals surface area contributed by atoms with Crippen LogP contribution in [0, 0.1) is 0 Å². The fourth-order valence-corrected chi connectivity index (χ4v) is 2.93. The number of carbonyl (C=O) groups excluding carboxylic acids is 1. The molecule has 4 heteroatoms. The van der Waals surface area contributed by atoms with Gasteiger partial charge in [-0.3, -0.25) is 4.79 Å².